The van der Waals surface area contributed by atoms with E-state index in [1.807, 2.05) is 0 Å². The third-order valence-corrected chi connectivity index (χ3v) is 3.16. The number of nitrogens with zero attached hydrogens (tertiary/aromatic N) is 1. The van der Waals surface area contributed by atoms with Gasteiger partial charge in [-0.25, -0.2) is 0 Å². The maximum atomic E-state index is 11.7. The van der Waals surface area contributed by atoms with Gasteiger partial charge in [0.05, 0.1) is 7.11 Å². The lowest BCUT2D eigenvalue weighted by atomic mass is 9.95. The zero-order chi connectivity index (χ0) is 11.4. The monoisotopic (exact) mass is 213 g/mol. The second-order valence-electron chi connectivity index (χ2n) is 4.95. The van der Waals surface area contributed by atoms with Crippen LogP contribution in [0.4, 0.5) is 0 Å². The second kappa shape index (κ2) is 5.50. The number of carbonyl (C=O) groups is 1. The van der Waals surface area contributed by atoms with Gasteiger partial charge in [0, 0.05) is 6.54 Å². The number of esters is 1. The Kier molecular flexibility index (Phi) is 4.58. The zero-order valence-electron chi connectivity index (χ0n) is 10.3. The third-order valence-electron chi connectivity index (χ3n) is 3.16. The van der Waals surface area contributed by atoms with Crippen LogP contribution in [0.3, 0.4) is 0 Å². The van der Waals surface area contributed by atoms with Crippen LogP contribution in [0, 0.1) is 11.8 Å². The minimum absolute atomic E-state index is 0.0576. The highest BCUT2D eigenvalue weighted by Gasteiger charge is 2.32. The summed E-state index contributed by atoms with van der Waals surface area (Å²) in [5, 5.41) is 0. The van der Waals surface area contributed by atoms with E-state index in [1.54, 1.807) is 0 Å². The van der Waals surface area contributed by atoms with Crippen molar-refractivity contribution in [2.24, 2.45) is 11.8 Å². The van der Waals surface area contributed by atoms with E-state index in [0.717, 1.165) is 13.1 Å². The summed E-state index contributed by atoms with van der Waals surface area (Å²) in [5.41, 5.74) is 0. The molecule has 3 nitrogen and oxygen atoms in total. The number of methoxy groups -OCH3 is 1. The van der Waals surface area contributed by atoms with Crippen LogP contribution in [-0.4, -0.2) is 37.1 Å². The fraction of sp³-hybridized carbons (Fsp3) is 0.917. The fourth-order valence-electron chi connectivity index (χ4n) is 2.44. The highest BCUT2D eigenvalue weighted by molar-refractivity contribution is 5.76. The van der Waals surface area contributed by atoms with Crippen molar-refractivity contribution >= 4 is 5.97 Å². The van der Waals surface area contributed by atoms with Crippen molar-refractivity contribution in [1.29, 1.82) is 0 Å². The van der Waals surface area contributed by atoms with Crippen LogP contribution in [0.15, 0.2) is 0 Å². The van der Waals surface area contributed by atoms with Crippen LogP contribution in [0.25, 0.3) is 0 Å². The van der Waals surface area contributed by atoms with Gasteiger partial charge in [-0.1, -0.05) is 20.8 Å². The Labute approximate surface area is 92.8 Å². The first-order chi connectivity index (χ1) is 7.06. The lowest BCUT2D eigenvalue weighted by Crippen LogP contribution is -2.49. The van der Waals surface area contributed by atoms with Gasteiger partial charge in [0.2, 0.25) is 0 Å². The molecule has 1 saturated heterocycles. The standard InChI is InChI=1S/C12H23NO2/c1-9(2)11(12(14)15-4)13-7-5-6-10(3)8-13/h9-11H,5-8H2,1-4H3/t10-,11+/m1/s1. The Morgan fingerprint density at radius 3 is 2.60 bits per heavy atom. The molecule has 0 aromatic rings. The summed E-state index contributed by atoms with van der Waals surface area (Å²) in [4.78, 5) is 14.0. The fourth-order valence-corrected chi connectivity index (χ4v) is 2.44. The number of rotatable bonds is 3. The van der Waals surface area contributed by atoms with Gasteiger partial charge in [-0.15, -0.1) is 0 Å². The van der Waals surface area contributed by atoms with Gasteiger partial charge in [-0.05, 0) is 31.2 Å². The van der Waals surface area contributed by atoms with Gasteiger partial charge in [-0.3, -0.25) is 9.69 Å². The van der Waals surface area contributed by atoms with Crippen molar-refractivity contribution in [3.8, 4) is 0 Å². The predicted molar refractivity (Wildman–Crippen MR) is 60.6 cm³/mol. The molecule has 1 aliphatic rings. The molecular weight excluding hydrogens is 190 g/mol. The maximum absolute atomic E-state index is 11.7. The third kappa shape index (κ3) is 3.20. The minimum atomic E-state index is -0.0842. The molecule has 0 aromatic heterocycles. The van der Waals surface area contributed by atoms with Gasteiger partial charge >= 0.3 is 5.97 Å². The van der Waals surface area contributed by atoms with Crippen LogP contribution < -0.4 is 0 Å². The Morgan fingerprint density at radius 1 is 1.47 bits per heavy atom. The molecule has 0 radical (unpaired) electrons. The smallest absolute Gasteiger partial charge is 0.323 e. The first-order valence-corrected chi connectivity index (χ1v) is 5.88. The van der Waals surface area contributed by atoms with Crippen LogP contribution in [0.2, 0.25) is 0 Å². The molecule has 0 bridgehead atoms. The Hall–Kier alpha value is -0.570. The molecule has 0 aliphatic carbocycles. The summed E-state index contributed by atoms with van der Waals surface area (Å²) in [6.07, 6.45) is 2.48. The second-order valence-corrected chi connectivity index (χ2v) is 4.95. The normalized spacial score (nSPS) is 25.3. The van der Waals surface area contributed by atoms with Crippen molar-refractivity contribution in [3.05, 3.63) is 0 Å². The number of hydrogen-bond donors (Lipinski definition) is 0. The first-order valence-electron chi connectivity index (χ1n) is 5.88. The number of likely N-dealkylation sites (tertiary alicyclic amines) is 1. The topological polar surface area (TPSA) is 29.5 Å². The molecule has 3 heteroatoms. The average Bonchev–Trinajstić information content (AvgIpc) is 2.17. The molecular formula is C12H23NO2. The van der Waals surface area contributed by atoms with Gasteiger partial charge in [0.1, 0.15) is 6.04 Å². The maximum Gasteiger partial charge on any atom is 0.323 e. The summed E-state index contributed by atoms with van der Waals surface area (Å²) in [6.45, 7) is 8.47. The lowest BCUT2D eigenvalue weighted by molar-refractivity contribution is -0.149. The SMILES string of the molecule is COC(=O)[C@H](C(C)C)N1CCC[C@@H](C)C1. The van der Waals surface area contributed by atoms with Crippen molar-refractivity contribution in [2.75, 3.05) is 20.2 Å². The molecule has 1 fully saturated rings. The van der Waals surface area contributed by atoms with Crippen molar-refractivity contribution in [1.82, 2.24) is 4.90 Å². The first kappa shape index (κ1) is 12.5. The summed E-state index contributed by atoms with van der Waals surface area (Å²) in [5.74, 6) is 0.937. The van der Waals surface area contributed by atoms with Crippen LogP contribution in [-0.2, 0) is 9.53 Å². The molecule has 0 saturated carbocycles. The molecule has 2 atom stereocenters. The predicted octanol–water partition coefficient (Wildman–Crippen LogP) is 1.92. The molecule has 15 heavy (non-hydrogen) atoms. The highest BCUT2D eigenvalue weighted by Crippen LogP contribution is 2.21. The van der Waals surface area contributed by atoms with Crippen LogP contribution in [0.5, 0.6) is 0 Å². The van der Waals surface area contributed by atoms with E-state index in [4.69, 9.17) is 4.74 Å². The summed E-state index contributed by atoms with van der Waals surface area (Å²) < 4.78 is 4.88. The van der Waals surface area contributed by atoms with E-state index >= 15 is 0 Å². The van der Waals surface area contributed by atoms with Crippen molar-refractivity contribution in [3.63, 3.8) is 0 Å². The van der Waals surface area contributed by atoms with Crippen molar-refractivity contribution < 1.29 is 9.53 Å². The van der Waals surface area contributed by atoms with Crippen LogP contribution in [0.1, 0.15) is 33.6 Å². The molecule has 0 spiro atoms. The average molecular weight is 213 g/mol. The van der Waals surface area contributed by atoms with E-state index in [2.05, 4.69) is 25.7 Å². The summed E-state index contributed by atoms with van der Waals surface area (Å²) in [7, 11) is 1.48. The molecule has 1 heterocycles. The highest BCUT2D eigenvalue weighted by atomic mass is 16.5. The summed E-state index contributed by atoms with van der Waals surface area (Å²) >= 11 is 0. The van der Waals surface area contributed by atoms with Gasteiger partial charge in [-0.2, -0.15) is 0 Å². The van der Waals surface area contributed by atoms with Gasteiger partial charge in [0.25, 0.3) is 0 Å². The largest absolute Gasteiger partial charge is 0.468 e. The molecule has 0 amide bonds. The van der Waals surface area contributed by atoms with E-state index in [1.165, 1.54) is 20.0 Å². The lowest BCUT2D eigenvalue weighted by Gasteiger charge is -2.37. The Morgan fingerprint density at radius 2 is 2.13 bits per heavy atom. The van der Waals surface area contributed by atoms with E-state index in [9.17, 15) is 4.79 Å². The van der Waals surface area contributed by atoms with E-state index in [-0.39, 0.29) is 12.0 Å². The van der Waals surface area contributed by atoms with Gasteiger partial charge in [0.15, 0.2) is 0 Å². The number of hydrogen-bond acceptors (Lipinski definition) is 3. The molecule has 1 rings (SSSR count). The summed E-state index contributed by atoms with van der Waals surface area (Å²) in [6, 6.07) is -0.0576. The molecule has 88 valence electrons. The molecule has 0 aromatic carbocycles. The van der Waals surface area contributed by atoms with E-state index in [0.29, 0.717) is 11.8 Å². The molecule has 0 unspecified atom stereocenters. The Bertz CT molecular complexity index is 216. The van der Waals surface area contributed by atoms with Crippen molar-refractivity contribution in [2.45, 2.75) is 39.7 Å². The molecule has 0 N–H and O–H groups in total. The number of ether oxygens (including phenoxy) is 1. The van der Waals surface area contributed by atoms with Crippen LogP contribution >= 0.6 is 0 Å². The zero-order valence-corrected chi connectivity index (χ0v) is 10.3. The van der Waals surface area contributed by atoms with E-state index < -0.39 is 0 Å². The molecule has 1 aliphatic heterocycles. The quantitative estimate of drug-likeness (QED) is 0.671. The number of carbonyl (C=O) groups excluding carboxylic acids is 1. The minimum Gasteiger partial charge on any atom is -0.468 e. The number of piperidine rings is 1. The van der Waals surface area contributed by atoms with Gasteiger partial charge < -0.3 is 4.74 Å². The Balaban J connectivity index is 2.66.